The van der Waals surface area contributed by atoms with E-state index < -0.39 is 0 Å². The van der Waals surface area contributed by atoms with Crippen LogP contribution in [-0.2, 0) is 0 Å². The van der Waals surface area contributed by atoms with Gasteiger partial charge in [0.25, 0.3) is 5.91 Å². The van der Waals surface area contributed by atoms with Crippen molar-refractivity contribution in [2.45, 2.75) is 31.7 Å². The normalized spacial score (nSPS) is 19.4. The molecular weight excluding hydrogens is 383 g/mol. The van der Waals surface area contributed by atoms with Crippen LogP contribution in [-0.4, -0.2) is 29.9 Å². The van der Waals surface area contributed by atoms with Crippen molar-refractivity contribution in [2.75, 3.05) is 13.1 Å². The number of amides is 1. The quantitative estimate of drug-likeness (QED) is 0.793. The van der Waals surface area contributed by atoms with Crippen molar-refractivity contribution in [1.82, 2.24) is 4.90 Å². The Balaban J connectivity index is 0.00000162. The third-order valence-electron chi connectivity index (χ3n) is 3.20. The minimum atomic E-state index is 0. The first-order valence-electron chi connectivity index (χ1n) is 5.97. The molecule has 1 aromatic rings. The Morgan fingerprint density at radius 1 is 1.56 bits per heavy atom. The van der Waals surface area contributed by atoms with Crippen molar-refractivity contribution in [3.8, 4) is 0 Å². The maximum absolute atomic E-state index is 12.4. The first-order chi connectivity index (χ1) is 8.22. The molecule has 1 fully saturated rings. The number of thiophene rings is 1. The molecule has 1 aliphatic rings. The molecule has 2 heterocycles. The monoisotopic (exact) mass is 400 g/mol. The fourth-order valence-electron chi connectivity index (χ4n) is 2.35. The van der Waals surface area contributed by atoms with E-state index >= 15 is 0 Å². The van der Waals surface area contributed by atoms with E-state index in [2.05, 4.69) is 22.6 Å². The van der Waals surface area contributed by atoms with Crippen LogP contribution in [0.3, 0.4) is 0 Å². The van der Waals surface area contributed by atoms with E-state index in [1.807, 2.05) is 16.3 Å². The summed E-state index contributed by atoms with van der Waals surface area (Å²) in [6.07, 6.45) is 4.36. The molecule has 0 aliphatic carbocycles. The SMILES string of the molecule is Cl.NCCC1CCCCN1C(=O)c1csc(I)c1. The van der Waals surface area contributed by atoms with E-state index in [0.717, 1.165) is 31.4 Å². The average molecular weight is 401 g/mol. The van der Waals surface area contributed by atoms with Gasteiger partial charge < -0.3 is 10.6 Å². The number of carbonyl (C=O) groups is 1. The van der Waals surface area contributed by atoms with Crippen LogP contribution in [0.1, 0.15) is 36.0 Å². The minimum absolute atomic E-state index is 0. The number of carbonyl (C=O) groups excluding carboxylic acids is 1. The molecule has 102 valence electrons. The second-order valence-corrected chi connectivity index (χ2v) is 7.17. The Bertz CT molecular complexity index is 397. The summed E-state index contributed by atoms with van der Waals surface area (Å²) in [6, 6.07) is 2.32. The van der Waals surface area contributed by atoms with Gasteiger partial charge in [0.2, 0.25) is 0 Å². The fourth-order valence-corrected chi connectivity index (χ4v) is 3.67. The summed E-state index contributed by atoms with van der Waals surface area (Å²) in [6.45, 7) is 1.55. The summed E-state index contributed by atoms with van der Waals surface area (Å²) in [5, 5.41) is 1.96. The zero-order valence-corrected chi connectivity index (χ0v) is 13.9. The van der Waals surface area contributed by atoms with Gasteiger partial charge in [-0.1, -0.05) is 0 Å². The summed E-state index contributed by atoms with van der Waals surface area (Å²) in [5.41, 5.74) is 6.46. The van der Waals surface area contributed by atoms with Crippen LogP contribution in [0.5, 0.6) is 0 Å². The van der Waals surface area contributed by atoms with Crippen molar-refractivity contribution >= 4 is 52.2 Å². The average Bonchev–Trinajstić information content (AvgIpc) is 2.76. The molecule has 2 N–H and O–H groups in total. The Morgan fingerprint density at radius 3 is 2.94 bits per heavy atom. The molecule has 1 aliphatic heterocycles. The smallest absolute Gasteiger partial charge is 0.254 e. The summed E-state index contributed by atoms with van der Waals surface area (Å²) in [7, 11) is 0. The van der Waals surface area contributed by atoms with E-state index in [0.29, 0.717) is 12.6 Å². The zero-order valence-electron chi connectivity index (χ0n) is 10.1. The lowest BCUT2D eigenvalue weighted by molar-refractivity contribution is 0.0605. The van der Waals surface area contributed by atoms with Crippen molar-refractivity contribution in [1.29, 1.82) is 0 Å². The lowest BCUT2D eigenvalue weighted by Crippen LogP contribution is -2.44. The van der Waals surface area contributed by atoms with Gasteiger partial charge in [-0.05, 0) is 60.9 Å². The van der Waals surface area contributed by atoms with Crippen molar-refractivity contribution in [3.63, 3.8) is 0 Å². The van der Waals surface area contributed by atoms with Crippen LogP contribution in [0, 0.1) is 2.88 Å². The standard InChI is InChI=1S/C12H17IN2OS.ClH/c13-11-7-9(8-17-11)12(16)15-6-2-1-3-10(15)4-5-14;/h7-8,10H,1-6,14H2;1H. The number of halogens is 2. The maximum atomic E-state index is 12.4. The van der Waals surface area contributed by atoms with Gasteiger partial charge in [0.05, 0.1) is 8.45 Å². The van der Waals surface area contributed by atoms with Crippen LogP contribution in [0.15, 0.2) is 11.4 Å². The summed E-state index contributed by atoms with van der Waals surface area (Å²) < 4.78 is 1.17. The molecule has 0 bridgehead atoms. The number of hydrogen-bond acceptors (Lipinski definition) is 3. The molecule has 1 saturated heterocycles. The van der Waals surface area contributed by atoms with Gasteiger partial charge in [-0.2, -0.15) is 0 Å². The number of nitrogens with zero attached hydrogens (tertiary/aromatic N) is 1. The van der Waals surface area contributed by atoms with Gasteiger partial charge in [-0.3, -0.25) is 4.79 Å². The number of rotatable bonds is 3. The maximum Gasteiger partial charge on any atom is 0.254 e. The molecule has 0 aromatic carbocycles. The summed E-state index contributed by atoms with van der Waals surface area (Å²) >= 11 is 3.88. The molecule has 0 spiro atoms. The predicted octanol–water partition coefficient (Wildman–Crippen LogP) is 3.12. The number of piperidine rings is 1. The molecule has 1 atom stereocenters. The highest BCUT2D eigenvalue weighted by Gasteiger charge is 2.27. The predicted molar refractivity (Wildman–Crippen MR) is 86.6 cm³/mol. The van der Waals surface area contributed by atoms with E-state index in [1.165, 1.54) is 9.30 Å². The van der Waals surface area contributed by atoms with Crippen molar-refractivity contribution in [2.24, 2.45) is 5.73 Å². The van der Waals surface area contributed by atoms with Gasteiger partial charge in [-0.25, -0.2) is 0 Å². The molecule has 0 saturated carbocycles. The van der Waals surface area contributed by atoms with Gasteiger partial charge in [0.1, 0.15) is 0 Å². The van der Waals surface area contributed by atoms with Gasteiger partial charge in [-0.15, -0.1) is 23.7 Å². The zero-order chi connectivity index (χ0) is 12.3. The van der Waals surface area contributed by atoms with E-state index in [1.54, 1.807) is 11.3 Å². The highest BCUT2D eigenvalue weighted by molar-refractivity contribution is 14.1. The third-order valence-corrected chi connectivity index (χ3v) is 4.99. The number of likely N-dealkylation sites (tertiary alicyclic amines) is 1. The van der Waals surface area contributed by atoms with Crippen LogP contribution < -0.4 is 5.73 Å². The highest BCUT2D eigenvalue weighted by atomic mass is 127. The largest absolute Gasteiger partial charge is 0.336 e. The van der Waals surface area contributed by atoms with Gasteiger partial charge >= 0.3 is 0 Å². The lowest BCUT2D eigenvalue weighted by atomic mass is 9.98. The first-order valence-corrected chi connectivity index (χ1v) is 7.93. The Labute approximate surface area is 132 Å². The third kappa shape index (κ3) is 3.82. The van der Waals surface area contributed by atoms with Crippen molar-refractivity contribution < 1.29 is 4.79 Å². The number of hydrogen-bond donors (Lipinski definition) is 1. The summed E-state index contributed by atoms with van der Waals surface area (Å²) in [4.78, 5) is 14.4. The van der Waals surface area contributed by atoms with E-state index in [9.17, 15) is 4.79 Å². The molecular formula is C12H18ClIN2OS. The minimum Gasteiger partial charge on any atom is -0.336 e. The first kappa shape index (κ1) is 16.2. The fraction of sp³-hybridized carbons (Fsp3) is 0.583. The molecule has 6 heteroatoms. The lowest BCUT2D eigenvalue weighted by Gasteiger charge is -2.35. The Kier molecular flexibility index (Phi) is 6.90. The Hall–Kier alpha value is 0.150. The Morgan fingerprint density at radius 2 is 2.33 bits per heavy atom. The summed E-state index contributed by atoms with van der Waals surface area (Å²) in [5.74, 6) is 0.183. The van der Waals surface area contributed by atoms with Crippen LogP contribution >= 0.6 is 46.3 Å². The van der Waals surface area contributed by atoms with Crippen LogP contribution in [0.2, 0.25) is 0 Å². The molecule has 18 heavy (non-hydrogen) atoms. The molecule has 2 rings (SSSR count). The van der Waals surface area contributed by atoms with Crippen LogP contribution in [0.25, 0.3) is 0 Å². The molecule has 1 aromatic heterocycles. The molecule has 3 nitrogen and oxygen atoms in total. The van der Waals surface area contributed by atoms with Gasteiger partial charge in [0.15, 0.2) is 0 Å². The molecule has 1 amide bonds. The van der Waals surface area contributed by atoms with Crippen molar-refractivity contribution in [3.05, 3.63) is 19.9 Å². The van der Waals surface area contributed by atoms with E-state index in [4.69, 9.17) is 5.73 Å². The van der Waals surface area contributed by atoms with Crippen LogP contribution in [0.4, 0.5) is 0 Å². The highest BCUT2D eigenvalue weighted by Crippen LogP contribution is 2.24. The second-order valence-electron chi connectivity index (χ2n) is 4.36. The number of nitrogens with two attached hydrogens (primary N) is 1. The second kappa shape index (κ2) is 7.67. The molecule has 1 unspecified atom stereocenters. The topological polar surface area (TPSA) is 46.3 Å². The van der Waals surface area contributed by atoms with Gasteiger partial charge in [0, 0.05) is 18.0 Å². The van der Waals surface area contributed by atoms with E-state index in [-0.39, 0.29) is 18.3 Å². The molecule has 0 radical (unpaired) electrons.